The standard InChI is InChI=1S/C14H14F3N3O4/c1-3-24-13(23)18-12(22)11(8(2)21)20-19-10-6-4-9(5-7-10)14(15,16)17/h4-7,21H,3H2,1-2H3,(H,18,22,23)/b11-8-,20-19?. The fourth-order valence-corrected chi connectivity index (χ4v) is 1.43. The summed E-state index contributed by atoms with van der Waals surface area (Å²) in [7, 11) is 0. The average molecular weight is 345 g/mol. The van der Waals surface area contributed by atoms with Gasteiger partial charge in [-0.15, -0.1) is 5.11 Å². The third-order valence-corrected chi connectivity index (χ3v) is 2.51. The molecule has 0 unspecified atom stereocenters. The fraction of sp³-hybridized carbons (Fsp3) is 0.286. The van der Waals surface area contributed by atoms with Crippen molar-refractivity contribution in [3.8, 4) is 0 Å². The van der Waals surface area contributed by atoms with Crippen molar-refractivity contribution in [3.05, 3.63) is 41.3 Å². The topological polar surface area (TPSA) is 100 Å². The van der Waals surface area contributed by atoms with Crippen molar-refractivity contribution in [2.45, 2.75) is 20.0 Å². The molecule has 0 bridgehead atoms. The first-order valence-corrected chi connectivity index (χ1v) is 6.62. The van der Waals surface area contributed by atoms with Crippen molar-refractivity contribution >= 4 is 17.7 Å². The molecule has 1 aromatic rings. The SMILES string of the molecule is CCOC(=O)NC(=O)/C(N=Nc1ccc(C(F)(F)F)cc1)=C(\C)O. The number of aliphatic hydroxyl groups is 1. The van der Waals surface area contributed by atoms with Gasteiger partial charge in [0.2, 0.25) is 0 Å². The Balaban J connectivity index is 2.90. The van der Waals surface area contributed by atoms with Gasteiger partial charge >= 0.3 is 12.3 Å². The van der Waals surface area contributed by atoms with Gasteiger partial charge in [0.15, 0.2) is 5.70 Å². The smallest absolute Gasteiger partial charge is 0.416 e. The Hall–Kier alpha value is -2.91. The summed E-state index contributed by atoms with van der Waals surface area (Å²) in [5.74, 6) is -1.60. The van der Waals surface area contributed by atoms with Crippen molar-refractivity contribution in [1.82, 2.24) is 5.32 Å². The second kappa shape index (κ2) is 8.09. The lowest BCUT2D eigenvalue weighted by Gasteiger charge is -2.06. The first-order valence-electron chi connectivity index (χ1n) is 6.62. The number of alkyl carbamates (subject to hydrolysis) is 1. The van der Waals surface area contributed by atoms with E-state index >= 15 is 0 Å². The largest absolute Gasteiger partial charge is 0.510 e. The van der Waals surface area contributed by atoms with E-state index in [0.717, 1.165) is 31.2 Å². The Kier molecular flexibility index (Phi) is 6.45. The fourth-order valence-electron chi connectivity index (χ4n) is 1.43. The van der Waals surface area contributed by atoms with E-state index in [2.05, 4.69) is 15.0 Å². The number of rotatable bonds is 4. The number of nitrogens with one attached hydrogen (secondary N) is 1. The molecule has 2 N–H and O–H groups in total. The van der Waals surface area contributed by atoms with Crippen LogP contribution in [0.2, 0.25) is 0 Å². The maximum atomic E-state index is 12.4. The lowest BCUT2D eigenvalue weighted by atomic mass is 10.2. The van der Waals surface area contributed by atoms with Crippen LogP contribution in [0.25, 0.3) is 0 Å². The lowest BCUT2D eigenvalue weighted by molar-refractivity contribution is -0.137. The molecule has 0 aromatic heterocycles. The van der Waals surface area contributed by atoms with Crippen LogP contribution >= 0.6 is 0 Å². The van der Waals surface area contributed by atoms with Crippen molar-refractivity contribution in [3.63, 3.8) is 0 Å². The molecule has 7 nitrogen and oxygen atoms in total. The summed E-state index contributed by atoms with van der Waals surface area (Å²) in [6.45, 7) is 2.69. The van der Waals surface area contributed by atoms with Gasteiger partial charge in [0, 0.05) is 0 Å². The first kappa shape index (κ1) is 19.1. The highest BCUT2D eigenvalue weighted by molar-refractivity contribution is 6.02. The number of carbonyl (C=O) groups is 2. The summed E-state index contributed by atoms with van der Waals surface area (Å²) >= 11 is 0. The summed E-state index contributed by atoms with van der Waals surface area (Å²) in [4.78, 5) is 22.9. The van der Waals surface area contributed by atoms with Gasteiger partial charge in [0.05, 0.1) is 17.9 Å². The Morgan fingerprint density at radius 3 is 2.29 bits per heavy atom. The summed E-state index contributed by atoms with van der Waals surface area (Å²) < 4.78 is 41.8. The first-order chi connectivity index (χ1) is 11.1. The summed E-state index contributed by atoms with van der Waals surface area (Å²) in [6, 6.07) is 3.67. The molecule has 0 saturated heterocycles. The van der Waals surface area contributed by atoms with E-state index in [-0.39, 0.29) is 12.3 Å². The summed E-state index contributed by atoms with van der Waals surface area (Å²) in [5, 5.41) is 18.2. The van der Waals surface area contributed by atoms with Crippen LogP contribution in [0, 0.1) is 0 Å². The van der Waals surface area contributed by atoms with Crippen LogP contribution in [0.4, 0.5) is 23.7 Å². The zero-order valence-electron chi connectivity index (χ0n) is 12.7. The van der Waals surface area contributed by atoms with E-state index in [1.54, 1.807) is 0 Å². The third kappa shape index (κ3) is 5.71. The number of alkyl halides is 3. The molecule has 0 heterocycles. The van der Waals surface area contributed by atoms with Crippen molar-refractivity contribution in [2.75, 3.05) is 6.61 Å². The second-order valence-corrected chi connectivity index (χ2v) is 4.35. The number of benzene rings is 1. The Labute approximate surface area is 134 Å². The number of aliphatic hydroxyl groups excluding tert-OH is 1. The predicted octanol–water partition coefficient (Wildman–Crippen LogP) is 3.85. The number of azo groups is 1. The van der Waals surface area contributed by atoms with Gasteiger partial charge in [0.25, 0.3) is 5.91 Å². The molecule has 24 heavy (non-hydrogen) atoms. The molecule has 130 valence electrons. The zero-order chi connectivity index (χ0) is 18.3. The number of imide groups is 1. The van der Waals surface area contributed by atoms with Gasteiger partial charge in [0.1, 0.15) is 5.76 Å². The van der Waals surface area contributed by atoms with Crippen LogP contribution in [0.15, 0.2) is 46.0 Å². The van der Waals surface area contributed by atoms with Gasteiger partial charge in [-0.3, -0.25) is 10.1 Å². The van der Waals surface area contributed by atoms with E-state index in [1.807, 2.05) is 5.32 Å². The molecule has 0 fully saturated rings. The number of allylic oxidation sites excluding steroid dienone is 1. The molecule has 1 rings (SSSR count). The van der Waals surface area contributed by atoms with Gasteiger partial charge in [-0.25, -0.2) is 4.79 Å². The molecule has 0 spiro atoms. The van der Waals surface area contributed by atoms with Crippen LogP contribution in [0.1, 0.15) is 19.4 Å². The molecular weight excluding hydrogens is 331 g/mol. The highest BCUT2D eigenvalue weighted by Crippen LogP contribution is 2.30. The van der Waals surface area contributed by atoms with Crippen LogP contribution < -0.4 is 5.32 Å². The molecule has 0 saturated carbocycles. The van der Waals surface area contributed by atoms with Gasteiger partial charge < -0.3 is 9.84 Å². The predicted molar refractivity (Wildman–Crippen MR) is 76.5 cm³/mol. The Bertz CT molecular complexity index is 663. The minimum Gasteiger partial charge on any atom is -0.510 e. The molecule has 0 aliphatic rings. The maximum absolute atomic E-state index is 12.4. The molecule has 0 aliphatic heterocycles. The highest BCUT2D eigenvalue weighted by atomic mass is 19.4. The van der Waals surface area contributed by atoms with Crippen molar-refractivity contribution < 1.29 is 32.6 Å². The number of hydrogen-bond acceptors (Lipinski definition) is 6. The second-order valence-electron chi connectivity index (χ2n) is 4.35. The van der Waals surface area contributed by atoms with Crippen molar-refractivity contribution in [2.24, 2.45) is 10.2 Å². The minimum absolute atomic E-state index is 0.0192. The number of carbonyl (C=O) groups excluding carboxylic acids is 2. The average Bonchev–Trinajstić information content (AvgIpc) is 2.46. The molecule has 1 aromatic carbocycles. The van der Waals surface area contributed by atoms with E-state index in [9.17, 15) is 27.9 Å². The van der Waals surface area contributed by atoms with E-state index in [0.29, 0.717) is 0 Å². The Morgan fingerprint density at radius 2 is 1.83 bits per heavy atom. The highest BCUT2D eigenvalue weighted by Gasteiger charge is 2.29. The van der Waals surface area contributed by atoms with E-state index < -0.39 is 35.2 Å². The molecule has 0 aliphatic carbocycles. The number of hydrogen-bond donors (Lipinski definition) is 2. The summed E-state index contributed by atoms with van der Waals surface area (Å²) in [6.07, 6.45) is -5.52. The molecule has 0 atom stereocenters. The number of halogens is 3. The molecule has 2 amide bonds. The maximum Gasteiger partial charge on any atom is 0.416 e. The van der Waals surface area contributed by atoms with Gasteiger partial charge in [-0.2, -0.15) is 18.3 Å². The molecule has 10 heteroatoms. The molecular formula is C14H14F3N3O4. The lowest BCUT2D eigenvalue weighted by Crippen LogP contribution is -2.32. The third-order valence-electron chi connectivity index (χ3n) is 2.51. The number of nitrogens with zero attached hydrogens (tertiary/aromatic N) is 2. The monoisotopic (exact) mass is 345 g/mol. The number of ether oxygens (including phenoxy) is 1. The van der Waals surface area contributed by atoms with Gasteiger partial charge in [-0.1, -0.05) is 0 Å². The van der Waals surface area contributed by atoms with E-state index in [1.165, 1.54) is 6.92 Å². The zero-order valence-corrected chi connectivity index (χ0v) is 12.7. The van der Waals surface area contributed by atoms with Crippen LogP contribution in [-0.4, -0.2) is 23.7 Å². The molecule has 0 radical (unpaired) electrons. The normalized spacial score (nSPS) is 12.7. The quantitative estimate of drug-likeness (QED) is 0.492. The van der Waals surface area contributed by atoms with Crippen LogP contribution in [0.5, 0.6) is 0 Å². The van der Waals surface area contributed by atoms with Crippen LogP contribution in [0.3, 0.4) is 0 Å². The number of amides is 2. The van der Waals surface area contributed by atoms with E-state index in [4.69, 9.17) is 0 Å². The van der Waals surface area contributed by atoms with Crippen LogP contribution in [-0.2, 0) is 15.7 Å². The summed E-state index contributed by atoms with van der Waals surface area (Å²) in [5.41, 5.74) is -1.43. The van der Waals surface area contributed by atoms with Crippen molar-refractivity contribution in [1.29, 1.82) is 0 Å². The van der Waals surface area contributed by atoms with Gasteiger partial charge in [-0.05, 0) is 38.1 Å². The minimum atomic E-state index is -4.48. The Morgan fingerprint density at radius 1 is 1.25 bits per heavy atom.